The van der Waals surface area contributed by atoms with Gasteiger partial charge in [0, 0.05) is 6.04 Å². The first-order valence-corrected chi connectivity index (χ1v) is 6.64. The van der Waals surface area contributed by atoms with Crippen molar-refractivity contribution in [1.82, 2.24) is 5.32 Å². The van der Waals surface area contributed by atoms with E-state index in [4.69, 9.17) is 0 Å². The van der Waals surface area contributed by atoms with Crippen LogP contribution in [0.2, 0.25) is 0 Å². The average molecular weight is 251 g/mol. The zero-order valence-corrected chi connectivity index (χ0v) is 11.0. The molecule has 1 N–H and O–H groups in total. The van der Waals surface area contributed by atoms with Crippen molar-refractivity contribution in [3.05, 3.63) is 0 Å². The first kappa shape index (κ1) is 14.8. The normalized spacial score (nSPS) is 30.0. The zero-order valence-electron chi connectivity index (χ0n) is 11.0. The van der Waals surface area contributed by atoms with E-state index < -0.39 is 12.1 Å². The summed E-state index contributed by atoms with van der Waals surface area (Å²) in [5.41, 5.74) is 0. The molecule has 2 atom stereocenters. The molecule has 0 spiro atoms. The third-order valence-corrected chi connectivity index (χ3v) is 4.33. The van der Waals surface area contributed by atoms with E-state index in [-0.39, 0.29) is 0 Å². The SMILES string of the molecule is CCC(C)C(NC)C1CCC(C(F)(F)F)CC1. The first-order valence-electron chi connectivity index (χ1n) is 6.64. The maximum atomic E-state index is 12.6. The highest BCUT2D eigenvalue weighted by Crippen LogP contribution is 2.41. The molecule has 1 nitrogen and oxygen atoms in total. The van der Waals surface area contributed by atoms with Crippen LogP contribution in [0.1, 0.15) is 46.0 Å². The second kappa shape index (κ2) is 6.07. The Kier molecular flexibility index (Phi) is 5.29. The predicted octanol–water partition coefficient (Wildman–Crippen LogP) is 3.99. The second-order valence-electron chi connectivity index (χ2n) is 5.35. The van der Waals surface area contributed by atoms with E-state index in [0.29, 0.717) is 43.6 Å². The summed E-state index contributed by atoms with van der Waals surface area (Å²) in [7, 11) is 1.92. The Morgan fingerprint density at radius 3 is 2.06 bits per heavy atom. The molecule has 4 heteroatoms. The maximum absolute atomic E-state index is 12.6. The van der Waals surface area contributed by atoms with E-state index in [1.165, 1.54) is 0 Å². The van der Waals surface area contributed by atoms with Crippen LogP contribution in [0.4, 0.5) is 13.2 Å². The molecule has 0 bridgehead atoms. The highest BCUT2D eigenvalue weighted by molar-refractivity contribution is 4.85. The zero-order chi connectivity index (χ0) is 13.1. The monoisotopic (exact) mass is 251 g/mol. The molecule has 1 rings (SSSR count). The van der Waals surface area contributed by atoms with Gasteiger partial charge < -0.3 is 5.32 Å². The minimum Gasteiger partial charge on any atom is -0.316 e. The van der Waals surface area contributed by atoms with Crippen molar-refractivity contribution < 1.29 is 13.2 Å². The Morgan fingerprint density at radius 1 is 1.18 bits per heavy atom. The van der Waals surface area contributed by atoms with Crippen LogP contribution in [0.15, 0.2) is 0 Å². The van der Waals surface area contributed by atoms with Crippen LogP contribution in [0.5, 0.6) is 0 Å². The number of rotatable bonds is 4. The minimum absolute atomic E-state index is 0.308. The summed E-state index contributed by atoms with van der Waals surface area (Å²) in [5.74, 6) is -0.117. The molecule has 17 heavy (non-hydrogen) atoms. The van der Waals surface area contributed by atoms with Gasteiger partial charge in [-0.25, -0.2) is 0 Å². The van der Waals surface area contributed by atoms with Crippen molar-refractivity contribution in [2.75, 3.05) is 7.05 Å². The number of hydrogen-bond acceptors (Lipinski definition) is 1. The Bertz CT molecular complexity index is 219. The fraction of sp³-hybridized carbons (Fsp3) is 1.00. The summed E-state index contributed by atoms with van der Waals surface area (Å²) in [4.78, 5) is 0. The van der Waals surface area contributed by atoms with Crippen LogP contribution in [0.3, 0.4) is 0 Å². The molecular weight excluding hydrogens is 227 g/mol. The van der Waals surface area contributed by atoms with E-state index in [1.807, 2.05) is 7.05 Å². The fourth-order valence-corrected chi connectivity index (χ4v) is 3.04. The Balaban J connectivity index is 2.50. The lowest BCUT2D eigenvalue weighted by Gasteiger charge is -2.37. The van der Waals surface area contributed by atoms with Gasteiger partial charge in [-0.2, -0.15) is 13.2 Å². The third kappa shape index (κ3) is 3.87. The van der Waals surface area contributed by atoms with Gasteiger partial charge in [0.25, 0.3) is 0 Å². The van der Waals surface area contributed by atoms with E-state index in [2.05, 4.69) is 19.2 Å². The van der Waals surface area contributed by atoms with Crippen molar-refractivity contribution in [1.29, 1.82) is 0 Å². The van der Waals surface area contributed by atoms with Gasteiger partial charge in [-0.3, -0.25) is 0 Å². The number of hydrogen-bond donors (Lipinski definition) is 1. The van der Waals surface area contributed by atoms with Gasteiger partial charge in [0.15, 0.2) is 0 Å². The fourth-order valence-electron chi connectivity index (χ4n) is 3.04. The Morgan fingerprint density at radius 2 is 1.71 bits per heavy atom. The van der Waals surface area contributed by atoms with Crippen LogP contribution >= 0.6 is 0 Å². The van der Waals surface area contributed by atoms with Gasteiger partial charge in [0.2, 0.25) is 0 Å². The third-order valence-electron chi connectivity index (χ3n) is 4.33. The van der Waals surface area contributed by atoms with Gasteiger partial charge in [-0.15, -0.1) is 0 Å². The molecule has 102 valence electrons. The molecule has 0 aromatic rings. The lowest BCUT2D eigenvalue weighted by molar-refractivity contribution is -0.184. The summed E-state index contributed by atoms with van der Waals surface area (Å²) in [6.45, 7) is 4.31. The van der Waals surface area contributed by atoms with E-state index >= 15 is 0 Å². The van der Waals surface area contributed by atoms with Gasteiger partial charge in [-0.1, -0.05) is 20.3 Å². The first-order chi connectivity index (χ1) is 7.90. The largest absolute Gasteiger partial charge is 0.391 e. The van der Waals surface area contributed by atoms with Gasteiger partial charge in [0.1, 0.15) is 0 Å². The molecule has 1 fully saturated rings. The predicted molar refractivity (Wildman–Crippen MR) is 63.8 cm³/mol. The Labute approximate surface area is 102 Å². The highest BCUT2D eigenvalue weighted by atomic mass is 19.4. The number of alkyl halides is 3. The lowest BCUT2D eigenvalue weighted by atomic mass is 9.75. The molecule has 0 radical (unpaired) electrons. The molecule has 2 unspecified atom stereocenters. The van der Waals surface area contributed by atoms with E-state index in [0.717, 1.165) is 6.42 Å². The molecular formula is C13H24F3N. The molecule has 0 saturated heterocycles. The van der Waals surface area contributed by atoms with E-state index in [9.17, 15) is 13.2 Å². The minimum atomic E-state index is -3.99. The van der Waals surface area contributed by atoms with Gasteiger partial charge in [-0.05, 0) is 44.6 Å². The van der Waals surface area contributed by atoms with Crippen LogP contribution in [0.25, 0.3) is 0 Å². The second-order valence-corrected chi connectivity index (χ2v) is 5.35. The molecule has 1 saturated carbocycles. The highest BCUT2D eigenvalue weighted by Gasteiger charge is 2.42. The summed E-state index contributed by atoms with van der Waals surface area (Å²) in [5, 5.41) is 3.29. The molecule has 0 aromatic carbocycles. The van der Waals surface area contributed by atoms with Gasteiger partial charge in [0.05, 0.1) is 5.92 Å². The summed E-state index contributed by atoms with van der Waals surface area (Å²) >= 11 is 0. The van der Waals surface area contributed by atoms with Crippen LogP contribution in [0, 0.1) is 17.8 Å². The van der Waals surface area contributed by atoms with Crippen molar-refractivity contribution in [3.63, 3.8) is 0 Å². The maximum Gasteiger partial charge on any atom is 0.391 e. The van der Waals surface area contributed by atoms with Crippen LogP contribution in [-0.4, -0.2) is 19.3 Å². The smallest absolute Gasteiger partial charge is 0.316 e. The van der Waals surface area contributed by atoms with Crippen LogP contribution < -0.4 is 5.32 Å². The van der Waals surface area contributed by atoms with Crippen molar-refractivity contribution in [3.8, 4) is 0 Å². The molecule has 0 aromatic heterocycles. The number of nitrogens with one attached hydrogen (secondary N) is 1. The summed E-state index contributed by atoms with van der Waals surface area (Å²) in [6, 6.07) is 0.370. The van der Waals surface area contributed by atoms with Crippen molar-refractivity contribution in [2.45, 2.75) is 58.2 Å². The molecule has 1 aliphatic rings. The van der Waals surface area contributed by atoms with Gasteiger partial charge >= 0.3 is 6.18 Å². The van der Waals surface area contributed by atoms with Crippen molar-refractivity contribution >= 4 is 0 Å². The quantitative estimate of drug-likeness (QED) is 0.796. The molecule has 0 heterocycles. The molecule has 0 amide bonds. The molecule has 1 aliphatic carbocycles. The topological polar surface area (TPSA) is 12.0 Å². The summed E-state index contributed by atoms with van der Waals surface area (Å²) in [6.07, 6.45) is -0.882. The Hall–Kier alpha value is -0.250. The van der Waals surface area contributed by atoms with E-state index in [1.54, 1.807) is 0 Å². The number of halogens is 3. The van der Waals surface area contributed by atoms with Crippen molar-refractivity contribution in [2.24, 2.45) is 17.8 Å². The standard InChI is InChI=1S/C13H24F3N/c1-4-9(2)12(17-3)10-5-7-11(8-6-10)13(14,15)16/h9-12,17H,4-8H2,1-3H3. The summed E-state index contributed by atoms with van der Waals surface area (Å²) < 4.78 is 37.7. The lowest BCUT2D eigenvalue weighted by Crippen LogP contribution is -2.42. The molecule has 0 aliphatic heterocycles. The van der Waals surface area contributed by atoms with Crippen LogP contribution in [-0.2, 0) is 0 Å². The average Bonchev–Trinajstić information content (AvgIpc) is 2.29.